The van der Waals surface area contributed by atoms with Gasteiger partial charge in [-0.3, -0.25) is 4.79 Å². The van der Waals surface area contributed by atoms with Gasteiger partial charge in [0.2, 0.25) is 0 Å². The van der Waals surface area contributed by atoms with E-state index in [0.717, 1.165) is 16.7 Å². The van der Waals surface area contributed by atoms with Gasteiger partial charge in [-0.15, -0.1) is 0 Å². The average molecular weight is 412 g/mol. The Morgan fingerprint density at radius 2 is 1.71 bits per heavy atom. The molecule has 0 bridgehead atoms. The van der Waals surface area contributed by atoms with Crippen LogP contribution in [0.5, 0.6) is 5.75 Å². The second-order valence-electron chi connectivity index (χ2n) is 9.20. The lowest BCUT2D eigenvalue weighted by molar-refractivity contribution is -0.130. The number of hydrogen-bond acceptors (Lipinski definition) is 5. The molecule has 0 aromatic heterocycles. The van der Waals surface area contributed by atoms with Crippen LogP contribution in [0, 0.1) is 33.5 Å². The Balaban J connectivity index is 2.00. The van der Waals surface area contributed by atoms with Gasteiger partial charge in [-0.25, -0.2) is 0 Å². The summed E-state index contributed by atoms with van der Waals surface area (Å²) in [4.78, 5) is 15.7. The molecule has 5 heteroatoms. The monoisotopic (exact) mass is 411 g/mol. The van der Waals surface area contributed by atoms with Gasteiger partial charge in [0.15, 0.2) is 11.2 Å². The maximum atomic E-state index is 13.7. The van der Waals surface area contributed by atoms with Crippen molar-refractivity contribution in [3.05, 3.63) is 71.4 Å². The van der Waals surface area contributed by atoms with Crippen LogP contribution >= 0.6 is 0 Å². The van der Waals surface area contributed by atoms with Crippen molar-refractivity contribution in [1.82, 2.24) is 4.90 Å². The molecule has 5 nitrogen and oxygen atoms in total. The molecule has 0 radical (unpaired) electrons. The lowest BCUT2D eigenvalue weighted by Gasteiger charge is -2.36. The highest BCUT2D eigenvalue weighted by Gasteiger charge is 2.64. The molecule has 3 atom stereocenters. The van der Waals surface area contributed by atoms with E-state index in [-0.39, 0.29) is 5.78 Å². The van der Waals surface area contributed by atoms with E-state index in [1.807, 2.05) is 86.5 Å². The zero-order valence-corrected chi connectivity index (χ0v) is 18.2. The summed E-state index contributed by atoms with van der Waals surface area (Å²) in [7, 11) is 1.59. The molecular weight excluding hydrogens is 386 g/mol. The first kappa shape index (κ1) is 20.7. The van der Waals surface area contributed by atoms with Crippen molar-refractivity contribution in [2.24, 2.45) is 10.8 Å². The van der Waals surface area contributed by atoms with E-state index < -0.39 is 28.8 Å². The first-order valence-electron chi connectivity index (χ1n) is 10.3. The van der Waals surface area contributed by atoms with E-state index in [2.05, 4.69) is 12.1 Å². The van der Waals surface area contributed by atoms with Crippen LogP contribution in [0.2, 0.25) is 0 Å². The van der Waals surface area contributed by atoms with E-state index >= 15 is 0 Å². The van der Waals surface area contributed by atoms with E-state index in [4.69, 9.17) is 4.74 Å². The van der Waals surface area contributed by atoms with Crippen LogP contribution in [0.3, 0.4) is 0 Å². The Bertz CT molecular complexity index is 1110. The van der Waals surface area contributed by atoms with Gasteiger partial charge in [0, 0.05) is 17.5 Å². The van der Waals surface area contributed by atoms with Gasteiger partial charge >= 0.3 is 0 Å². The summed E-state index contributed by atoms with van der Waals surface area (Å²) in [6, 6.07) is 18.7. The third-order valence-electron chi connectivity index (χ3n) is 6.43. The van der Waals surface area contributed by atoms with Gasteiger partial charge in [-0.2, -0.15) is 10.5 Å². The van der Waals surface area contributed by atoms with Gasteiger partial charge < -0.3 is 9.64 Å². The van der Waals surface area contributed by atoms with Gasteiger partial charge in [0.1, 0.15) is 5.75 Å². The van der Waals surface area contributed by atoms with E-state index in [9.17, 15) is 15.3 Å². The van der Waals surface area contributed by atoms with E-state index in [0.29, 0.717) is 5.75 Å². The number of methoxy groups -OCH3 is 1. The molecule has 31 heavy (non-hydrogen) atoms. The Morgan fingerprint density at radius 3 is 2.29 bits per heavy atom. The maximum Gasteiger partial charge on any atom is 0.177 e. The van der Waals surface area contributed by atoms with Gasteiger partial charge in [0.25, 0.3) is 0 Å². The van der Waals surface area contributed by atoms with Crippen molar-refractivity contribution in [1.29, 1.82) is 10.5 Å². The van der Waals surface area contributed by atoms with Crippen molar-refractivity contribution in [2.45, 2.75) is 38.8 Å². The third kappa shape index (κ3) is 3.01. The quantitative estimate of drug-likeness (QED) is 0.722. The highest BCUT2D eigenvalue weighted by Crippen LogP contribution is 2.60. The van der Waals surface area contributed by atoms with Crippen LogP contribution in [0.1, 0.15) is 49.4 Å². The number of Topliss-reactive ketones (excluding diaryl/α,β-unsaturated/α-hetero) is 1. The van der Waals surface area contributed by atoms with Gasteiger partial charge in [0.05, 0.1) is 31.3 Å². The maximum absolute atomic E-state index is 13.7. The zero-order valence-electron chi connectivity index (χ0n) is 18.2. The van der Waals surface area contributed by atoms with Crippen LogP contribution < -0.4 is 4.74 Å². The summed E-state index contributed by atoms with van der Waals surface area (Å²) in [5.41, 5.74) is 0.589. The predicted molar refractivity (Wildman–Crippen MR) is 118 cm³/mol. The van der Waals surface area contributed by atoms with Gasteiger partial charge in [-0.05, 0) is 34.9 Å². The molecule has 1 saturated heterocycles. The fourth-order valence-corrected chi connectivity index (χ4v) is 4.92. The summed E-state index contributed by atoms with van der Waals surface area (Å²) in [6.45, 7) is 5.65. The third-order valence-corrected chi connectivity index (χ3v) is 6.43. The van der Waals surface area contributed by atoms with E-state index in [1.54, 1.807) is 7.11 Å². The lowest BCUT2D eigenvalue weighted by atomic mass is 9.66. The minimum absolute atomic E-state index is 0.00900. The number of hydrogen-bond donors (Lipinski definition) is 0. The van der Waals surface area contributed by atoms with Crippen LogP contribution in [0.15, 0.2) is 54.7 Å². The van der Waals surface area contributed by atoms with Crippen LogP contribution in [0.4, 0.5) is 0 Å². The lowest BCUT2D eigenvalue weighted by Crippen LogP contribution is -2.43. The summed E-state index contributed by atoms with van der Waals surface area (Å²) < 4.78 is 5.29. The van der Waals surface area contributed by atoms with Crippen molar-refractivity contribution in [3.63, 3.8) is 0 Å². The molecule has 0 spiro atoms. The second-order valence-corrected chi connectivity index (χ2v) is 9.20. The molecule has 0 saturated carbocycles. The number of ether oxygens (including phenoxy) is 1. The van der Waals surface area contributed by atoms with Gasteiger partial charge in [-0.1, -0.05) is 57.2 Å². The first-order chi connectivity index (χ1) is 14.8. The number of benzene rings is 2. The van der Waals surface area contributed by atoms with Crippen molar-refractivity contribution in [3.8, 4) is 17.9 Å². The SMILES string of the molecule is COc1ccc(C2C(C(=O)C(C)(C)C)N3C=Cc4ccccc4C3C2(C#N)C#N)cc1. The van der Waals surface area contributed by atoms with Crippen LogP contribution in [-0.2, 0) is 4.79 Å². The normalized spacial score (nSPS) is 23.3. The molecule has 2 aliphatic heterocycles. The molecule has 2 aromatic carbocycles. The first-order valence-corrected chi connectivity index (χ1v) is 10.3. The Morgan fingerprint density at radius 1 is 1.06 bits per heavy atom. The molecule has 4 rings (SSSR count). The number of ketones is 1. The van der Waals surface area contributed by atoms with Crippen molar-refractivity contribution >= 4 is 11.9 Å². The fraction of sp³-hybridized carbons (Fsp3) is 0.346. The van der Waals surface area contributed by atoms with Crippen LogP contribution in [0.25, 0.3) is 6.08 Å². The van der Waals surface area contributed by atoms with Crippen molar-refractivity contribution < 1.29 is 9.53 Å². The highest BCUT2D eigenvalue weighted by atomic mass is 16.5. The topological polar surface area (TPSA) is 77.1 Å². The molecule has 156 valence electrons. The van der Waals surface area contributed by atoms with Crippen molar-refractivity contribution in [2.75, 3.05) is 7.11 Å². The Kier molecular flexibility index (Phi) is 4.86. The Hall–Kier alpha value is -3.57. The Labute approximate surface area is 183 Å². The number of rotatable bonds is 3. The number of fused-ring (bicyclic) bond motifs is 3. The fourth-order valence-electron chi connectivity index (χ4n) is 4.92. The number of carbonyl (C=O) groups excluding carboxylic acids is 1. The van der Waals surface area contributed by atoms with Crippen LogP contribution in [-0.4, -0.2) is 23.8 Å². The smallest absolute Gasteiger partial charge is 0.177 e. The minimum atomic E-state index is -1.43. The molecule has 2 aromatic rings. The molecule has 1 fully saturated rings. The number of nitrogens with zero attached hydrogens (tertiary/aromatic N) is 3. The summed E-state index contributed by atoms with van der Waals surface area (Å²) in [5, 5.41) is 20.9. The highest BCUT2D eigenvalue weighted by molar-refractivity contribution is 5.91. The molecule has 0 aliphatic carbocycles. The predicted octanol–water partition coefficient (Wildman–Crippen LogP) is 4.84. The molecule has 2 heterocycles. The van der Waals surface area contributed by atoms with E-state index in [1.165, 1.54) is 0 Å². The molecular formula is C26H25N3O2. The largest absolute Gasteiger partial charge is 0.497 e. The molecule has 0 N–H and O–H groups in total. The molecule has 0 amide bonds. The number of nitriles is 2. The summed E-state index contributed by atoms with van der Waals surface area (Å²) in [6.07, 6.45) is 3.85. The minimum Gasteiger partial charge on any atom is -0.497 e. The second kappa shape index (κ2) is 7.29. The average Bonchev–Trinajstić information content (AvgIpc) is 3.08. The number of carbonyl (C=O) groups is 1. The molecule has 3 unspecified atom stereocenters. The summed E-state index contributed by atoms with van der Waals surface area (Å²) in [5.74, 6) is 0.0820. The standard InChI is InChI=1S/C26H25N3O2/c1-25(2,3)24(30)22-21(18-9-11-19(31-4)12-10-18)26(15-27,16-28)23-20-8-6-5-7-17(20)13-14-29(22)23/h5-14,21-23H,1-4H3. The molecule has 2 aliphatic rings. The summed E-state index contributed by atoms with van der Waals surface area (Å²) >= 11 is 0. The zero-order chi connectivity index (χ0) is 22.4.